The Morgan fingerprint density at radius 2 is 2.14 bits per heavy atom. The van der Waals surface area contributed by atoms with E-state index in [1.165, 1.54) is 4.90 Å². The third-order valence-corrected chi connectivity index (χ3v) is 3.03. The molecular weight excluding hydrogens is 274 g/mol. The summed E-state index contributed by atoms with van der Waals surface area (Å²) in [6.07, 6.45) is 1.19. The lowest BCUT2D eigenvalue weighted by Crippen LogP contribution is -2.53. The average molecular weight is 295 g/mol. The van der Waals surface area contributed by atoms with Gasteiger partial charge in [0.2, 0.25) is 5.78 Å². The van der Waals surface area contributed by atoms with E-state index in [-0.39, 0.29) is 12.4 Å². The van der Waals surface area contributed by atoms with Crippen LogP contribution >= 0.6 is 0 Å². The van der Waals surface area contributed by atoms with Crippen molar-refractivity contribution in [3.05, 3.63) is 18.0 Å². The van der Waals surface area contributed by atoms with Gasteiger partial charge in [-0.1, -0.05) is 0 Å². The van der Waals surface area contributed by atoms with E-state index in [4.69, 9.17) is 9.47 Å². The van der Waals surface area contributed by atoms with Gasteiger partial charge in [-0.25, -0.2) is 4.79 Å². The van der Waals surface area contributed by atoms with Gasteiger partial charge in [0.1, 0.15) is 17.3 Å². The number of hydrogen-bond acceptors (Lipinski definition) is 5. The van der Waals surface area contributed by atoms with E-state index >= 15 is 0 Å². The number of morpholine rings is 1. The minimum Gasteiger partial charge on any atom is -0.444 e. The summed E-state index contributed by atoms with van der Waals surface area (Å²) in [7, 11) is 1.74. The lowest BCUT2D eigenvalue weighted by atomic mass is 10.1. The zero-order valence-corrected chi connectivity index (χ0v) is 12.8. The molecule has 1 fully saturated rings. The summed E-state index contributed by atoms with van der Waals surface area (Å²) >= 11 is 0. The molecule has 0 saturated carbocycles. The van der Waals surface area contributed by atoms with Crippen LogP contribution in [-0.4, -0.2) is 58.0 Å². The number of carbonyl (C=O) groups is 2. The van der Waals surface area contributed by atoms with Gasteiger partial charge in [-0.3, -0.25) is 14.4 Å². The number of hydrogen-bond donors (Lipinski definition) is 0. The second-order valence-electron chi connectivity index (χ2n) is 6.00. The fourth-order valence-corrected chi connectivity index (χ4v) is 2.08. The van der Waals surface area contributed by atoms with Crippen molar-refractivity contribution in [3.63, 3.8) is 0 Å². The van der Waals surface area contributed by atoms with Gasteiger partial charge in [-0.2, -0.15) is 5.10 Å². The SMILES string of the molecule is Cn1ccc(C(=O)C2COCCN2C(=O)OC(C)(C)C)n1. The van der Waals surface area contributed by atoms with Crippen LogP contribution in [0.4, 0.5) is 4.79 Å². The first-order valence-corrected chi connectivity index (χ1v) is 6.89. The Kier molecular flexibility index (Phi) is 4.32. The number of ether oxygens (including phenoxy) is 2. The Balaban J connectivity index is 2.15. The maximum Gasteiger partial charge on any atom is 0.411 e. The minimum absolute atomic E-state index is 0.161. The summed E-state index contributed by atoms with van der Waals surface area (Å²) in [5, 5.41) is 4.09. The van der Waals surface area contributed by atoms with Crippen molar-refractivity contribution in [1.82, 2.24) is 14.7 Å². The van der Waals surface area contributed by atoms with E-state index < -0.39 is 17.7 Å². The number of aryl methyl sites for hydroxylation is 1. The highest BCUT2D eigenvalue weighted by atomic mass is 16.6. The van der Waals surface area contributed by atoms with Crippen LogP contribution < -0.4 is 0 Å². The predicted octanol–water partition coefficient (Wildman–Crippen LogP) is 1.24. The summed E-state index contributed by atoms with van der Waals surface area (Å²) in [5.74, 6) is -0.235. The van der Waals surface area contributed by atoms with Crippen molar-refractivity contribution >= 4 is 11.9 Å². The van der Waals surface area contributed by atoms with Crippen LogP contribution in [0.15, 0.2) is 12.3 Å². The van der Waals surface area contributed by atoms with Gasteiger partial charge < -0.3 is 9.47 Å². The van der Waals surface area contributed by atoms with Crippen molar-refractivity contribution < 1.29 is 19.1 Å². The zero-order chi connectivity index (χ0) is 15.6. The summed E-state index contributed by atoms with van der Waals surface area (Å²) in [4.78, 5) is 26.1. The largest absolute Gasteiger partial charge is 0.444 e. The van der Waals surface area contributed by atoms with Gasteiger partial charge in [0, 0.05) is 19.8 Å². The second kappa shape index (κ2) is 5.85. The van der Waals surface area contributed by atoms with E-state index in [2.05, 4.69) is 5.10 Å². The van der Waals surface area contributed by atoms with E-state index in [0.29, 0.717) is 18.8 Å². The van der Waals surface area contributed by atoms with Crippen molar-refractivity contribution in [3.8, 4) is 0 Å². The lowest BCUT2D eigenvalue weighted by molar-refractivity contribution is -0.0266. The zero-order valence-electron chi connectivity index (χ0n) is 12.8. The number of Topliss-reactive ketones (excluding diaryl/α,β-unsaturated/α-hetero) is 1. The summed E-state index contributed by atoms with van der Waals surface area (Å²) < 4.78 is 12.2. The third kappa shape index (κ3) is 3.81. The summed E-state index contributed by atoms with van der Waals surface area (Å²) in [5.41, 5.74) is -0.282. The number of aromatic nitrogens is 2. The second-order valence-corrected chi connectivity index (χ2v) is 6.00. The van der Waals surface area contributed by atoms with Crippen molar-refractivity contribution in [2.75, 3.05) is 19.8 Å². The molecule has 2 heterocycles. The number of carbonyl (C=O) groups excluding carboxylic acids is 2. The molecule has 1 aromatic rings. The number of amides is 1. The maximum absolute atomic E-state index is 12.5. The van der Waals surface area contributed by atoms with Crippen LogP contribution in [0.2, 0.25) is 0 Å². The van der Waals surface area contributed by atoms with E-state index in [1.54, 1.807) is 44.8 Å². The standard InChI is InChI=1S/C14H21N3O4/c1-14(2,3)21-13(19)17-7-8-20-9-11(17)12(18)10-5-6-16(4)15-10/h5-6,11H,7-9H2,1-4H3. The molecule has 1 aliphatic rings. The molecule has 1 aliphatic heterocycles. The molecule has 1 aromatic heterocycles. The molecule has 21 heavy (non-hydrogen) atoms. The van der Waals surface area contributed by atoms with Gasteiger partial charge in [-0.05, 0) is 26.8 Å². The van der Waals surface area contributed by atoms with Crippen LogP contribution in [0.1, 0.15) is 31.3 Å². The molecule has 0 radical (unpaired) electrons. The first-order chi connectivity index (χ1) is 9.78. The van der Waals surface area contributed by atoms with Crippen molar-refractivity contribution in [1.29, 1.82) is 0 Å². The molecule has 7 nitrogen and oxygen atoms in total. The summed E-state index contributed by atoms with van der Waals surface area (Å²) in [6.45, 7) is 6.26. The van der Waals surface area contributed by atoms with Gasteiger partial charge in [0.15, 0.2) is 0 Å². The van der Waals surface area contributed by atoms with E-state index in [1.807, 2.05) is 0 Å². The minimum atomic E-state index is -0.691. The molecule has 1 saturated heterocycles. The normalized spacial score (nSPS) is 19.4. The number of nitrogens with zero attached hydrogens (tertiary/aromatic N) is 3. The fourth-order valence-electron chi connectivity index (χ4n) is 2.08. The molecule has 0 N–H and O–H groups in total. The Labute approximate surface area is 123 Å². The van der Waals surface area contributed by atoms with Crippen LogP contribution in [0.5, 0.6) is 0 Å². The molecular formula is C14H21N3O4. The first-order valence-electron chi connectivity index (χ1n) is 6.89. The highest BCUT2D eigenvalue weighted by Gasteiger charge is 2.36. The highest BCUT2D eigenvalue weighted by Crippen LogP contribution is 2.17. The molecule has 0 bridgehead atoms. The molecule has 0 aliphatic carbocycles. The molecule has 7 heteroatoms. The quantitative estimate of drug-likeness (QED) is 0.767. The topological polar surface area (TPSA) is 73.7 Å². The van der Waals surface area contributed by atoms with E-state index in [0.717, 1.165) is 0 Å². The van der Waals surface area contributed by atoms with Crippen LogP contribution in [0.3, 0.4) is 0 Å². The maximum atomic E-state index is 12.5. The Morgan fingerprint density at radius 1 is 1.43 bits per heavy atom. The Morgan fingerprint density at radius 3 is 2.71 bits per heavy atom. The summed E-state index contributed by atoms with van der Waals surface area (Å²) in [6, 6.07) is 0.938. The fraction of sp³-hybridized carbons (Fsp3) is 0.643. The molecule has 0 spiro atoms. The molecule has 1 amide bonds. The monoisotopic (exact) mass is 295 g/mol. The lowest BCUT2D eigenvalue weighted by Gasteiger charge is -2.35. The van der Waals surface area contributed by atoms with Gasteiger partial charge in [0.05, 0.1) is 13.2 Å². The number of rotatable bonds is 2. The molecule has 1 atom stereocenters. The highest BCUT2D eigenvalue weighted by molar-refractivity contribution is 6.00. The van der Waals surface area contributed by atoms with E-state index in [9.17, 15) is 9.59 Å². The Bertz CT molecular complexity index is 533. The van der Waals surface area contributed by atoms with Gasteiger partial charge >= 0.3 is 6.09 Å². The van der Waals surface area contributed by atoms with Gasteiger partial charge in [-0.15, -0.1) is 0 Å². The first kappa shape index (κ1) is 15.5. The Hall–Kier alpha value is -1.89. The molecule has 2 rings (SSSR count). The molecule has 0 aromatic carbocycles. The average Bonchev–Trinajstić information content (AvgIpc) is 2.82. The van der Waals surface area contributed by atoms with Crippen molar-refractivity contribution in [2.45, 2.75) is 32.4 Å². The number of ketones is 1. The van der Waals surface area contributed by atoms with Crippen LogP contribution in [0.25, 0.3) is 0 Å². The van der Waals surface area contributed by atoms with Crippen molar-refractivity contribution in [2.24, 2.45) is 7.05 Å². The van der Waals surface area contributed by atoms with Gasteiger partial charge in [0.25, 0.3) is 0 Å². The molecule has 1 unspecified atom stereocenters. The van der Waals surface area contributed by atoms with Crippen LogP contribution in [-0.2, 0) is 16.5 Å². The third-order valence-electron chi connectivity index (χ3n) is 3.03. The van der Waals surface area contributed by atoms with Crippen LogP contribution in [0, 0.1) is 0 Å². The smallest absolute Gasteiger partial charge is 0.411 e. The predicted molar refractivity (Wildman–Crippen MR) is 75.1 cm³/mol. The molecule has 116 valence electrons.